The van der Waals surface area contributed by atoms with Gasteiger partial charge in [-0.3, -0.25) is 9.69 Å². The van der Waals surface area contributed by atoms with E-state index >= 15 is 0 Å². The molecule has 1 N–H and O–H groups in total. The Labute approximate surface area is 162 Å². The van der Waals surface area contributed by atoms with Gasteiger partial charge >= 0.3 is 5.97 Å². The summed E-state index contributed by atoms with van der Waals surface area (Å²) in [6.45, 7) is 6.00. The molecule has 26 heavy (non-hydrogen) atoms. The highest BCUT2D eigenvalue weighted by molar-refractivity contribution is 8.26. The van der Waals surface area contributed by atoms with Crippen molar-refractivity contribution in [2.24, 2.45) is 0 Å². The number of thiocarbonyl (C=S) groups is 1. The van der Waals surface area contributed by atoms with Crippen LogP contribution in [0.25, 0.3) is 6.08 Å². The number of ether oxygens (including phenoxy) is 1. The summed E-state index contributed by atoms with van der Waals surface area (Å²) in [5, 5.41) is 9.47. The molecule has 138 valence electrons. The maximum absolute atomic E-state index is 12.7. The quantitative estimate of drug-likeness (QED) is 0.388. The Morgan fingerprint density at radius 3 is 2.69 bits per heavy atom. The van der Waals surface area contributed by atoms with Crippen molar-refractivity contribution in [1.82, 2.24) is 4.90 Å². The number of aliphatic carboxylic acids is 1. The van der Waals surface area contributed by atoms with Crippen LogP contribution in [-0.2, 0) is 9.59 Å². The van der Waals surface area contributed by atoms with E-state index in [1.54, 1.807) is 24.3 Å². The predicted octanol–water partition coefficient (Wildman–Crippen LogP) is 4.10. The lowest BCUT2D eigenvalue weighted by Crippen LogP contribution is -2.43. The van der Waals surface area contributed by atoms with Crippen LogP contribution in [-0.4, -0.2) is 38.9 Å². The van der Waals surface area contributed by atoms with E-state index in [1.165, 1.54) is 4.90 Å². The summed E-state index contributed by atoms with van der Waals surface area (Å²) < 4.78 is 5.71. The van der Waals surface area contributed by atoms with Gasteiger partial charge in [0, 0.05) is 0 Å². The molecule has 1 fully saturated rings. The van der Waals surface area contributed by atoms with Crippen molar-refractivity contribution in [2.45, 2.75) is 32.2 Å². The van der Waals surface area contributed by atoms with E-state index in [-0.39, 0.29) is 10.2 Å². The molecule has 0 aromatic heterocycles. The number of hydrogen-bond acceptors (Lipinski definition) is 5. The molecule has 1 unspecified atom stereocenters. The van der Waals surface area contributed by atoms with Crippen LogP contribution in [0.5, 0.6) is 5.75 Å². The Hall–Kier alpha value is -2.12. The number of amides is 1. The monoisotopic (exact) mass is 391 g/mol. The number of carboxylic acid groups (broad SMARTS) is 1. The molecule has 0 radical (unpaired) electrons. The molecular formula is C19H21NO4S2. The Balaban J connectivity index is 2.17. The fourth-order valence-electron chi connectivity index (χ4n) is 2.48. The molecule has 0 saturated carbocycles. The smallest absolute Gasteiger partial charge is 0.326 e. The van der Waals surface area contributed by atoms with E-state index in [4.69, 9.17) is 17.0 Å². The van der Waals surface area contributed by atoms with Crippen molar-refractivity contribution in [3.63, 3.8) is 0 Å². The van der Waals surface area contributed by atoms with Gasteiger partial charge in [-0.25, -0.2) is 4.79 Å². The fourth-order valence-corrected chi connectivity index (χ4v) is 3.83. The van der Waals surface area contributed by atoms with Gasteiger partial charge in [0.2, 0.25) is 0 Å². The first kappa shape index (κ1) is 20.2. The van der Waals surface area contributed by atoms with E-state index in [9.17, 15) is 14.7 Å². The minimum atomic E-state index is -1.03. The molecule has 1 saturated heterocycles. The first-order chi connectivity index (χ1) is 12.5. The van der Waals surface area contributed by atoms with Gasteiger partial charge in [0.05, 0.1) is 4.91 Å². The minimum absolute atomic E-state index is 0.288. The van der Waals surface area contributed by atoms with E-state index < -0.39 is 12.0 Å². The number of carbonyl (C=O) groups excluding carboxylic acids is 1. The largest absolute Gasteiger partial charge is 0.490 e. The van der Waals surface area contributed by atoms with Gasteiger partial charge in [-0.05, 0) is 30.2 Å². The van der Waals surface area contributed by atoms with Crippen molar-refractivity contribution in [3.8, 4) is 5.75 Å². The van der Waals surface area contributed by atoms with Crippen LogP contribution in [0.4, 0.5) is 0 Å². The summed E-state index contributed by atoms with van der Waals surface area (Å²) in [7, 11) is 0. The SMILES string of the molecule is C=CCOc1ccc(/C=C2\SC(=S)N(C(CCCC)C(=O)O)C2=O)cc1. The lowest BCUT2D eigenvalue weighted by Gasteiger charge is -2.22. The van der Waals surface area contributed by atoms with Crippen LogP contribution in [0.15, 0.2) is 41.8 Å². The standard InChI is InChI=1S/C19H21NO4S2/c1-3-5-6-15(18(22)23)20-17(21)16(26-19(20)25)12-13-7-9-14(10-8-13)24-11-4-2/h4,7-10,12,15H,2-3,5-6,11H2,1H3,(H,22,23)/b16-12-. The van der Waals surface area contributed by atoms with E-state index in [1.807, 2.05) is 19.1 Å². The molecule has 1 aliphatic rings. The summed E-state index contributed by atoms with van der Waals surface area (Å²) in [5.41, 5.74) is 0.817. The lowest BCUT2D eigenvalue weighted by atomic mass is 10.1. The number of thioether (sulfide) groups is 1. The predicted molar refractivity (Wildman–Crippen MR) is 108 cm³/mol. The Kier molecular flexibility index (Phi) is 7.41. The van der Waals surface area contributed by atoms with Crippen LogP contribution < -0.4 is 4.74 Å². The molecule has 1 aromatic rings. The van der Waals surface area contributed by atoms with Gasteiger partial charge in [0.15, 0.2) is 0 Å². The number of benzene rings is 1. The van der Waals surface area contributed by atoms with E-state index in [0.717, 1.165) is 30.2 Å². The number of rotatable bonds is 9. The van der Waals surface area contributed by atoms with Crippen molar-refractivity contribution in [1.29, 1.82) is 0 Å². The molecule has 1 aromatic carbocycles. The molecule has 1 aliphatic heterocycles. The second-order valence-corrected chi connectivity index (χ2v) is 7.39. The Morgan fingerprint density at radius 2 is 2.12 bits per heavy atom. The zero-order valence-electron chi connectivity index (χ0n) is 14.5. The number of nitrogens with zero attached hydrogens (tertiary/aromatic N) is 1. The van der Waals surface area contributed by atoms with Crippen LogP contribution in [0, 0.1) is 0 Å². The highest BCUT2D eigenvalue weighted by Crippen LogP contribution is 2.35. The molecule has 7 heteroatoms. The molecule has 0 spiro atoms. The van der Waals surface area contributed by atoms with Crippen molar-refractivity contribution in [3.05, 3.63) is 47.4 Å². The average Bonchev–Trinajstić information content (AvgIpc) is 2.89. The maximum Gasteiger partial charge on any atom is 0.326 e. The normalized spacial score (nSPS) is 16.8. The van der Waals surface area contributed by atoms with Crippen LogP contribution in [0.2, 0.25) is 0 Å². The summed E-state index contributed by atoms with van der Waals surface area (Å²) in [5.74, 6) is -0.671. The zero-order valence-corrected chi connectivity index (χ0v) is 16.1. The van der Waals surface area contributed by atoms with Gasteiger partial charge in [-0.2, -0.15) is 0 Å². The van der Waals surface area contributed by atoms with Crippen LogP contribution in [0.1, 0.15) is 31.7 Å². The zero-order chi connectivity index (χ0) is 19.1. The maximum atomic E-state index is 12.7. The van der Waals surface area contributed by atoms with Gasteiger partial charge in [0.1, 0.15) is 22.7 Å². The summed E-state index contributed by atoms with van der Waals surface area (Å²) >= 11 is 6.39. The molecule has 1 amide bonds. The molecular weight excluding hydrogens is 370 g/mol. The number of carboxylic acids is 1. The molecule has 1 heterocycles. The summed E-state index contributed by atoms with van der Waals surface area (Å²) in [6.07, 6.45) is 5.35. The summed E-state index contributed by atoms with van der Waals surface area (Å²) in [6, 6.07) is 6.35. The van der Waals surface area contributed by atoms with Crippen LogP contribution >= 0.6 is 24.0 Å². The fraction of sp³-hybridized carbons (Fsp3) is 0.316. The van der Waals surface area contributed by atoms with E-state index in [2.05, 4.69) is 6.58 Å². The molecule has 2 rings (SSSR count). The van der Waals surface area contributed by atoms with Gasteiger partial charge in [0.25, 0.3) is 5.91 Å². The molecule has 5 nitrogen and oxygen atoms in total. The van der Waals surface area contributed by atoms with Gasteiger partial charge in [-0.15, -0.1) is 0 Å². The Bertz CT molecular complexity index is 728. The number of carbonyl (C=O) groups is 2. The van der Waals surface area contributed by atoms with E-state index in [0.29, 0.717) is 23.7 Å². The second kappa shape index (κ2) is 9.54. The summed E-state index contributed by atoms with van der Waals surface area (Å²) in [4.78, 5) is 25.9. The minimum Gasteiger partial charge on any atom is -0.490 e. The Morgan fingerprint density at radius 1 is 1.42 bits per heavy atom. The average molecular weight is 392 g/mol. The molecule has 0 aliphatic carbocycles. The number of unbranched alkanes of at least 4 members (excludes halogenated alkanes) is 1. The topological polar surface area (TPSA) is 66.8 Å². The third-order valence-electron chi connectivity index (χ3n) is 3.80. The lowest BCUT2D eigenvalue weighted by molar-refractivity contribution is -0.145. The van der Waals surface area contributed by atoms with Gasteiger partial charge < -0.3 is 9.84 Å². The first-order valence-electron chi connectivity index (χ1n) is 8.31. The molecule has 0 bridgehead atoms. The molecule has 1 atom stereocenters. The van der Waals surface area contributed by atoms with Crippen LogP contribution in [0.3, 0.4) is 0 Å². The second-order valence-electron chi connectivity index (χ2n) is 5.72. The first-order valence-corrected chi connectivity index (χ1v) is 9.54. The third kappa shape index (κ3) is 4.95. The van der Waals surface area contributed by atoms with Crippen molar-refractivity contribution in [2.75, 3.05) is 6.61 Å². The van der Waals surface area contributed by atoms with Crippen molar-refractivity contribution >= 4 is 46.3 Å². The number of hydrogen-bond donors (Lipinski definition) is 1. The van der Waals surface area contributed by atoms with Crippen molar-refractivity contribution < 1.29 is 19.4 Å². The third-order valence-corrected chi connectivity index (χ3v) is 5.13. The van der Waals surface area contributed by atoms with Gasteiger partial charge in [-0.1, -0.05) is 68.5 Å². The highest BCUT2D eigenvalue weighted by atomic mass is 32.2. The highest BCUT2D eigenvalue weighted by Gasteiger charge is 2.40.